The Kier molecular flexibility index (Phi) is 30.4. The van der Waals surface area contributed by atoms with Crippen molar-refractivity contribution in [1.82, 2.24) is 24.5 Å². The average Bonchev–Trinajstić information content (AvgIpc) is 3.31. The van der Waals surface area contributed by atoms with Gasteiger partial charge in [0.1, 0.15) is 22.9 Å². The number of thiazole rings is 1. The van der Waals surface area contributed by atoms with Gasteiger partial charge >= 0.3 is 0 Å². The van der Waals surface area contributed by atoms with Crippen LogP contribution in [0.4, 0.5) is 0 Å². The maximum absolute atomic E-state index is 3.74. The lowest BCUT2D eigenvalue weighted by atomic mass is 10.3. The maximum Gasteiger partial charge on any atom is 0.129 e. The standard InChI is InChI=1S/3C4H10.C3H3NS.2C2H2N2S/c3*1-4(2)3;1-2-5-3-4-1;1-3-4-2-5-1;1-3-2-5-4-1/h3*4H,1-3H3;1-3H;2*1-2H. The Bertz CT molecular complexity index is 359. The number of hydrogen-bond donors (Lipinski definition) is 0. The van der Waals surface area contributed by atoms with E-state index in [2.05, 4.69) is 86.9 Å². The van der Waals surface area contributed by atoms with Crippen LogP contribution in [0, 0.1) is 17.8 Å². The monoisotopic (exact) mass is 431 g/mol. The molecule has 3 aromatic heterocycles. The number of rotatable bonds is 0. The third-order valence-corrected chi connectivity index (χ3v) is 2.30. The molecule has 0 saturated heterocycles. The van der Waals surface area contributed by atoms with E-state index in [9.17, 15) is 0 Å². The van der Waals surface area contributed by atoms with Gasteiger partial charge in [-0.15, -0.1) is 32.9 Å². The largest absolute Gasteiger partial charge is 0.253 e. The Hall–Kier alpha value is -1.25. The van der Waals surface area contributed by atoms with E-state index in [0.29, 0.717) is 0 Å². The molecular formula is C19H37N5S3. The lowest BCUT2D eigenvalue weighted by molar-refractivity contribution is 0.736. The fourth-order valence-electron chi connectivity index (χ4n) is 0.448. The quantitative estimate of drug-likeness (QED) is 0.376. The zero-order valence-corrected chi connectivity index (χ0v) is 20.7. The fraction of sp³-hybridized carbons (Fsp3) is 0.632. The lowest BCUT2D eigenvalue weighted by Crippen LogP contribution is -1.66. The molecule has 156 valence electrons. The molecule has 3 heterocycles. The molecule has 0 fully saturated rings. The molecule has 0 aliphatic carbocycles. The van der Waals surface area contributed by atoms with Gasteiger partial charge in [0.2, 0.25) is 0 Å². The summed E-state index contributed by atoms with van der Waals surface area (Å²) in [5.74, 6) is 2.50. The van der Waals surface area contributed by atoms with E-state index in [-0.39, 0.29) is 0 Å². The molecule has 0 radical (unpaired) electrons. The molecule has 3 aromatic rings. The van der Waals surface area contributed by atoms with Crippen molar-refractivity contribution in [3.63, 3.8) is 0 Å². The molecule has 0 bridgehead atoms. The smallest absolute Gasteiger partial charge is 0.129 e. The molecule has 0 aliphatic heterocycles. The average molecular weight is 432 g/mol. The molecule has 5 nitrogen and oxygen atoms in total. The Morgan fingerprint density at radius 3 is 1.19 bits per heavy atom. The van der Waals surface area contributed by atoms with E-state index in [1.165, 1.54) is 29.2 Å². The van der Waals surface area contributed by atoms with Crippen molar-refractivity contribution in [1.29, 1.82) is 0 Å². The minimum absolute atomic E-state index is 0.833. The first kappa shape index (κ1) is 30.5. The minimum atomic E-state index is 0.833. The highest BCUT2D eigenvalue weighted by atomic mass is 32.1. The van der Waals surface area contributed by atoms with E-state index in [1.54, 1.807) is 39.6 Å². The first-order valence-corrected chi connectivity index (χ1v) is 11.6. The van der Waals surface area contributed by atoms with Crippen molar-refractivity contribution in [3.05, 3.63) is 39.9 Å². The zero-order valence-electron chi connectivity index (χ0n) is 18.2. The molecule has 0 unspecified atom stereocenters. The van der Waals surface area contributed by atoms with E-state index in [0.717, 1.165) is 17.8 Å². The van der Waals surface area contributed by atoms with Crippen molar-refractivity contribution < 1.29 is 0 Å². The van der Waals surface area contributed by atoms with Crippen LogP contribution in [0.15, 0.2) is 39.9 Å². The number of aromatic nitrogens is 5. The van der Waals surface area contributed by atoms with Crippen molar-refractivity contribution in [2.75, 3.05) is 0 Å². The predicted molar refractivity (Wildman–Crippen MR) is 123 cm³/mol. The highest BCUT2D eigenvalue weighted by Crippen LogP contribution is 1.86. The summed E-state index contributed by atoms with van der Waals surface area (Å²) in [6.07, 6.45) is 3.29. The second kappa shape index (κ2) is 27.0. The zero-order chi connectivity index (χ0) is 21.3. The van der Waals surface area contributed by atoms with Crippen LogP contribution in [0.3, 0.4) is 0 Å². The van der Waals surface area contributed by atoms with E-state index < -0.39 is 0 Å². The summed E-state index contributed by atoms with van der Waals surface area (Å²) in [5, 5.41) is 8.91. The summed E-state index contributed by atoms with van der Waals surface area (Å²) in [7, 11) is 0. The Balaban J connectivity index is -0.000000258. The number of hydrogen-bond acceptors (Lipinski definition) is 8. The van der Waals surface area contributed by atoms with Gasteiger partial charge < -0.3 is 0 Å². The van der Waals surface area contributed by atoms with Crippen LogP contribution in [-0.4, -0.2) is 24.5 Å². The maximum atomic E-state index is 3.74. The Morgan fingerprint density at radius 2 is 1.07 bits per heavy atom. The van der Waals surface area contributed by atoms with Crippen LogP contribution >= 0.6 is 34.2 Å². The van der Waals surface area contributed by atoms with Crippen molar-refractivity contribution in [3.8, 4) is 0 Å². The normalized spacial score (nSPS) is 8.44. The minimum Gasteiger partial charge on any atom is -0.253 e. The highest BCUT2D eigenvalue weighted by Gasteiger charge is 1.69. The van der Waals surface area contributed by atoms with Crippen LogP contribution in [0.2, 0.25) is 0 Å². The van der Waals surface area contributed by atoms with Gasteiger partial charge in [-0.2, -0.15) is 4.37 Å². The third-order valence-electron chi connectivity index (χ3n) is 0.913. The van der Waals surface area contributed by atoms with Gasteiger partial charge in [-0.25, -0.2) is 4.98 Å². The SMILES string of the molecule is CC(C)C.CC(C)C.CC(C)C.c1cscn1.c1ncsn1.c1nncs1. The summed E-state index contributed by atoms with van der Waals surface area (Å²) in [5.41, 5.74) is 6.83. The Morgan fingerprint density at radius 1 is 0.593 bits per heavy atom. The van der Waals surface area contributed by atoms with Gasteiger partial charge in [0.15, 0.2) is 0 Å². The van der Waals surface area contributed by atoms with E-state index >= 15 is 0 Å². The first-order chi connectivity index (χ1) is 12.7. The summed E-state index contributed by atoms with van der Waals surface area (Å²) in [6, 6.07) is 0. The molecule has 0 aromatic carbocycles. The topological polar surface area (TPSA) is 64.5 Å². The van der Waals surface area contributed by atoms with E-state index in [4.69, 9.17) is 0 Å². The molecule has 0 spiro atoms. The van der Waals surface area contributed by atoms with Gasteiger partial charge in [0.05, 0.1) is 5.51 Å². The van der Waals surface area contributed by atoms with Crippen molar-refractivity contribution >= 4 is 34.2 Å². The van der Waals surface area contributed by atoms with Gasteiger partial charge in [0.25, 0.3) is 0 Å². The van der Waals surface area contributed by atoms with Crippen LogP contribution < -0.4 is 0 Å². The highest BCUT2D eigenvalue weighted by molar-refractivity contribution is 7.07. The lowest BCUT2D eigenvalue weighted by Gasteiger charge is -1.79. The van der Waals surface area contributed by atoms with Gasteiger partial charge in [-0.05, 0) is 29.3 Å². The second-order valence-electron chi connectivity index (χ2n) is 7.03. The third kappa shape index (κ3) is 67.8. The molecule has 3 rings (SSSR count). The Labute approximate surface area is 178 Å². The van der Waals surface area contributed by atoms with Crippen LogP contribution in [-0.2, 0) is 0 Å². The molecule has 0 N–H and O–H groups in total. The molecule has 0 saturated carbocycles. The summed E-state index contributed by atoms with van der Waals surface area (Å²) < 4.78 is 3.65. The second-order valence-corrected chi connectivity index (χ2v) is 9.11. The summed E-state index contributed by atoms with van der Waals surface area (Å²) >= 11 is 4.44. The predicted octanol–water partition coefficient (Wildman–Crippen LogP) is 7.21. The van der Waals surface area contributed by atoms with E-state index in [1.807, 2.05) is 5.38 Å². The van der Waals surface area contributed by atoms with Gasteiger partial charge in [0, 0.05) is 11.6 Å². The molecule has 27 heavy (non-hydrogen) atoms. The molecule has 0 atom stereocenters. The number of nitrogens with zero attached hydrogens (tertiary/aromatic N) is 5. The molecule has 8 heteroatoms. The summed E-state index contributed by atoms with van der Waals surface area (Å²) in [4.78, 5) is 7.37. The fourth-order valence-corrected chi connectivity index (χ4v) is 1.34. The van der Waals surface area contributed by atoms with Crippen LogP contribution in [0.1, 0.15) is 62.3 Å². The van der Waals surface area contributed by atoms with Gasteiger partial charge in [-0.1, -0.05) is 62.3 Å². The first-order valence-electron chi connectivity index (χ1n) is 8.90. The molecule has 0 amide bonds. The molecule has 0 aliphatic rings. The van der Waals surface area contributed by atoms with Crippen LogP contribution in [0.5, 0.6) is 0 Å². The van der Waals surface area contributed by atoms with Crippen LogP contribution in [0.25, 0.3) is 0 Å². The van der Waals surface area contributed by atoms with Gasteiger partial charge in [-0.3, -0.25) is 4.98 Å². The van der Waals surface area contributed by atoms with Crippen molar-refractivity contribution in [2.24, 2.45) is 17.8 Å². The summed E-state index contributed by atoms with van der Waals surface area (Å²) in [6.45, 7) is 19.5. The molecular weight excluding hydrogens is 394 g/mol. The van der Waals surface area contributed by atoms with Crippen molar-refractivity contribution in [2.45, 2.75) is 62.3 Å².